The Hall–Kier alpha value is -0.810. The van der Waals surface area contributed by atoms with Gasteiger partial charge in [0.25, 0.3) is 0 Å². The van der Waals surface area contributed by atoms with Crippen molar-refractivity contribution in [3.63, 3.8) is 0 Å². The van der Waals surface area contributed by atoms with E-state index in [1.807, 2.05) is 0 Å². The summed E-state index contributed by atoms with van der Waals surface area (Å²) in [7, 11) is -0.955. The molecule has 16 heavy (non-hydrogen) atoms. The van der Waals surface area contributed by atoms with Crippen LogP contribution in [0.25, 0.3) is 0 Å². The molecule has 2 atom stereocenters. The SMILES string of the molecule is O=S1CCCNC(c2cccc(F)c2F)C1. The molecule has 1 aromatic carbocycles. The topological polar surface area (TPSA) is 29.1 Å². The van der Waals surface area contributed by atoms with Gasteiger partial charge in [-0.05, 0) is 19.0 Å². The highest BCUT2D eigenvalue weighted by atomic mass is 32.2. The van der Waals surface area contributed by atoms with E-state index in [4.69, 9.17) is 0 Å². The van der Waals surface area contributed by atoms with Crippen molar-refractivity contribution in [2.75, 3.05) is 18.1 Å². The van der Waals surface area contributed by atoms with Crippen LogP contribution in [0.3, 0.4) is 0 Å². The standard InChI is InChI=1S/C11H13F2NOS/c12-9-4-1-3-8(11(9)13)10-7-16(15)6-2-5-14-10/h1,3-4,10,14H,2,5-7H2. The van der Waals surface area contributed by atoms with Crippen molar-refractivity contribution in [3.8, 4) is 0 Å². The Labute approximate surface area is 95.5 Å². The summed E-state index contributed by atoms with van der Waals surface area (Å²) in [5.41, 5.74) is 0.273. The third-order valence-electron chi connectivity index (χ3n) is 2.65. The van der Waals surface area contributed by atoms with Crippen molar-refractivity contribution in [2.24, 2.45) is 0 Å². The van der Waals surface area contributed by atoms with Crippen molar-refractivity contribution < 1.29 is 13.0 Å². The summed E-state index contributed by atoms with van der Waals surface area (Å²) in [6.07, 6.45) is 0.806. The Balaban J connectivity index is 2.28. The van der Waals surface area contributed by atoms with Crippen LogP contribution in [0.4, 0.5) is 8.78 Å². The highest BCUT2D eigenvalue weighted by molar-refractivity contribution is 7.85. The van der Waals surface area contributed by atoms with Gasteiger partial charge in [-0.1, -0.05) is 12.1 Å². The Kier molecular flexibility index (Phi) is 3.66. The molecule has 0 bridgehead atoms. The molecular weight excluding hydrogens is 232 g/mol. The first-order valence-corrected chi connectivity index (χ1v) is 6.69. The van der Waals surface area contributed by atoms with E-state index in [1.165, 1.54) is 6.07 Å². The second-order valence-corrected chi connectivity index (χ2v) is 5.44. The molecule has 1 N–H and O–H groups in total. The summed E-state index contributed by atoms with van der Waals surface area (Å²) in [5, 5.41) is 3.10. The number of hydrogen-bond acceptors (Lipinski definition) is 2. The zero-order valence-corrected chi connectivity index (χ0v) is 9.53. The minimum Gasteiger partial charge on any atom is -0.309 e. The Morgan fingerprint density at radius 1 is 1.38 bits per heavy atom. The van der Waals surface area contributed by atoms with E-state index in [0.29, 0.717) is 18.1 Å². The lowest BCUT2D eigenvalue weighted by atomic mass is 10.1. The highest BCUT2D eigenvalue weighted by Crippen LogP contribution is 2.21. The Morgan fingerprint density at radius 3 is 3.00 bits per heavy atom. The predicted octanol–water partition coefficient (Wildman–Crippen LogP) is 1.75. The quantitative estimate of drug-likeness (QED) is 0.816. The van der Waals surface area contributed by atoms with Crippen LogP contribution in [0, 0.1) is 11.6 Å². The van der Waals surface area contributed by atoms with Crippen LogP contribution >= 0.6 is 0 Å². The molecule has 0 radical (unpaired) electrons. The summed E-state index contributed by atoms with van der Waals surface area (Å²) in [6.45, 7) is 0.687. The van der Waals surface area contributed by atoms with Gasteiger partial charge in [0.05, 0.1) is 0 Å². The number of rotatable bonds is 1. The summed E-state index contributed by atoms with van der Waals surface area (Å²) in [6, 6.07) is 3.76. The third kappa shape index (κ3) is 2.47. The van der Waals surface area contributed by atoms with E-state index in [-0.39, 0.29) is 11.6 Å². The molecule has 1 heterocycles. The fourth-order valence-electron chi connectivity index (χ4n) is 1.83. The van der Waals surface area contributed by atoms with E-state index in [1.54, 1.807) is 6.07 Å². The zero-order valence-electron chi connectivity index (χ0n) is 8.71. The molecule has 2 unspecified atom stereocenters. The normalized spacial score (nSPS) is 26.4. The molecule has 2 nitrogen and oxygen atoms in total. The molecule has 1 aromatic rings. The lowest BCUT2D eigenvalue weighted by Gasteiger charge is -2.16. The van der Waals surface area contributed by atoms with Gasteiger partial charge < -0.3 is 5.32 Å². The van der Waals surface area contributed by atoms with Crippen LogP contribution in [-0.2, 0) is 10.8 Å². The predicted molar refractivity (Wildman–Crippen MR) is 59.6 cm³/mol. The number of benzene rings is 1. The van der Waals surface area contributed by atoms with Crippen molar-refractivity contribution in [2.45, 2.75) is 12.5 Å². The molecule has 1 aliphatic heterocycles. The van der Waals surface area contributed by atoms with Gasteiger partial charge >= 0.3 is 0 Å². The Morgan fingerprint density at radius 2 is 2.19 bits per heavy atom. The lowest BCUT2D eigenvalue weighted by molar-refractivity contribution is 0.476. The zero-order chi connectivity index (χ0) is 11.5. The maximum atomic E-state index is 13.5. The van der Waals surface area contributed by atoms with Crippen molar-refractivity contribution in [1.82, 2.24) is 5.32 Å². The average Bonchev–Trinajstić information content (AvgIpc) is 2.47. The third-order valence-corrected chi connectivity index (χ3v) is 4.10. The first kappa shape index (κ1) is 11.7. The molecular formula is C11H13F2NOS. The first-order chi connectivity index (χ1) is 7.68. The van der Waals surface area contributed by atoms with E-state index in [2.05, 4.69) is 5.32 Å². The van der Waals surface area contributed by atoms with Crippen molar-refractivity contribution >= 4 is 10.8 Å². The fourth-order valence-corrected chi connectivity index (χ4v) is 3.13. The van der Waals surface area contributed by atoms with E-state index >= 15 is 0 Å². The van der Waals surface area contributed by atoms with Crippen molar-refractivity contribution in [3.05, 3.63) is 35.4 Å². The van der Waals surface area contributed by atoms with Gasteiger partial charge in [0.2, 0.25) is 0 Å². The number of halogens is 2. The van der Waals surface area contributed by atoms with Gasteiger partial charge in [-0.25, -0.2) is 8.78 Å². The van der Waals surface area contributed by atoms with E-state index in [9.17, 15) is 13.0 Å². The maximum absolute atomic E-state index is 13.5. The van der Waals surface area contributed by atoms with Gasteiger partial charge in [-0.15, -0.1) is 0 Å². The molecule has 0 spiro atoms. The van der Waals surface area contributed by atoms with Gasteiger partial charge in [0.15, 0.2) is 11.6 Å². The summed E-state index contributed by atoms with van der Waals surface area (Å²) < 4.78 is 38.1. The fraction of sp³-hybridized carbons (Fsp3) is 0.455. The van der Waals surface area contributed by atoms with E-state index in [0.717, 1.165) is 12.5 Å². The summed E-state index contributed by atoms with van der Waals surface area (Å²) >= 11 is 0. The van der Waals surface area contributed by atoms with Crippen LogP contribution < -0.4 is 5.32 Å². The number of hydrogen-bond donors (Lipinski definition) is 1. The number of nitrogens with one attached hydrogen (secondary N) is 1. The second-order valence-electron chi connectivity index (χ2n) is 3.81. The van der Waals surface area contributed by atoms with Gasteiger partial charge in [0.1, 0.15) is 0 Å². The molecule has 0 amide bonds. The smallest absolute Gasteiger partial charge is 0.163 e. The second kappa shape index (κ2) is 5.01. The van der Waals surface area contributed by atoms with E-state index < -0.39 is 22.4 Å². The molecule has 0 saturated carbocycles. The van der Waals surface area contributed by atoms with Gasteiger partial charge in [-0.2, -0.15) is 0 Å². The van der Waals surface area contributed by atoms with Crippen molar-refractivity contribution in [1.29, 1.82) is 0 Å². The monoisotopic (exact) mass is 245 g/mol. The largest absolute Gasteiger partial charge is 0.309 e. The van der Waals surface area contributed by atoms with Crippen LogP contribution in [0.5, 0.6) is 0 Å². The Bertz CT molecular complexity index is 411. The lowest BCUT2D eigenvalue weighted by Crippen LogP contribution is -2.25. The molecule has 2 rings (SSSR count). The van der Waals surface area contributed by atoms with Crippen LogP contribution in [0.1, 0.15) is 18.0 Å². The van der Waals surface area contributed by atoms with Gasteiger partial charge in [0, 0.05) is 33.9 Å². The van der Waals surface area contributed by atoms with Crippen LogP contribution in [0.15, 0.2) is 18.2 Å². The minimum atomic E-state index is -0.955. The van der Waals surface area contributed by atoms with Gasteiger partial charge in [-0.3, -0.25) is 4.21 Å². The maximum Gasteiger partial charge on any atom is 0.163 e. The molecule has 5 heteroatoms. The highest BCUT2D eigenvalue weighted by Gasteiger charge is 2.22. The first-order valence-electron chi connectivity index (χ1n) is 5.21. The molecule has 88 valence electrons. The summed E-state index contributed by atoms with van der Waals surface area (Å²) in [5.74, 6) is -0.714. The van der Waals surface area contributed by atoms with Crippen LogP contribution in [0.2, 0.25) is 0 Å². The molecule has 0 aliphatic carbocycles. The molecule has 1 fully saturated rings. The molecule has 0 aromatic heterocycles. The minimum absolute atomic E-state index is 0.273. The molecule has 1 saturated heterocycles. The van der Waals surface area contributed by atoms with Crippen LogP contribution in [-0.4, -0.2) is 22.3 Å². The summed E-state index contributed by atoms with van der Waals surface area (Å²) in [4.78, 5) is 0. The molecule has 1 aliphatic rings. The average molecular weight is 245 g/mol.